The molecule has 2 rings (SSSR count). The Labute approximate surface area is 109 Å². The number of pyridine rings is 1. The molecule has 0 saturated carbocycles. The van der Waals surface area contributed by atoms with Gasteiger partial charge in [-0.2, -0.15) is 0 Å². The summed E-state index contributed by atoms with van der Waals surface area (Å²) >= 11 is 5.69. The van der Waals surface area contributed by atoms with Gasteiger partial charge < -0.3 is 5.32 Å². The van der Waals surface area contributed by atoms with Gasteiger partial charge in [-0.25, -0.2) is 9.37 Å². The fraction of sp³-hybridized carbons (Fsp3) is 0.0769. The molecule has 2 aromatic rings. The Morgan fingerprint density at radius 2 is 2.06 bits per heavy atom. The highest BCUT2D eigenvalue weighted by molar-refractivity contribution is 6.29. The van der Waals surface area contributed by atoms with Gasteiger partial charge in [0.05, 0.1) is 0 Å². The van der Waals surface area contributed by atoms with E-state index < -0.39 is 0 Å². The average molecular weight is 265 g/mol. The van der Waals surface area contributed by atoms with Crippen LogP contribution in [-0.2, 0) is 6.54 Å². The van der Waals surface area contributed by atoms with Crippen molar-refractivity contribution in [1.82, 2.24) is 10.3 Å². The Kier molecular flexibility index (Phi) is 3.89. The number of amides is 1. The van der Waals surface area contributed by atoms with E-state index in [0.717, 1.165) is 0 Å². The second-order valence-electron chi connectivity index (χ2n) is 3.66. The van der Waals surface area contributed by atoms with E-state index in [9.17, 15) is 9.18 Å². The lowest BCUT2D eigenvalue weighted by molar-refractivity contribution is 0.0946. The minimum atomic E-state index is -0.346. The van der Waals surface area contributed by atoms with E-state index >= 15 is 0 Å². The number of nitrogens with one attached hydrogen (secondary N) is 1. The first-order valence-corrected chi connectivity index (χ1v) is 5.68. The topological polar surface area (TPSA) is 42.0 Å². The van der Waals surface area contributed by atoms with Crippen LogP contribution in [0.1, 0.15) is 16.1 Å². The highest BCUT2D eigenvalue weighted by atomic mass is 35.5. The van der Waals surface area contributed by atoms with E-state index in [0.29, 0.717) is 5.56 Å². The van der Waals surface area contributed by atoms with Crippen molar-refractivity contribution in [3.05, 3.63) is 64.7 Å². The van der Waals surface area contributed by atoms with E-state index in [-0.39, 0.29) is 29.1 Å². The molecule has 0 aliphatic heterocycles. The van der Waals surface area contributed by atoms with Crippen LogP contribution in [0.25, 0.3) is 0 Å². The van der Waals surface area contributed by atoms with E-state index in [1.54, 1.807) is 30.3 Å². The molecule has 0 radical (unpaired) electrons. The number of nitrogens with zero attached hydrogens (tertiary/aromatic N) is 1. The summed E-state index contributed by atoms with van der Waals surface area (Å²) in [7, 11) is 0. The van der Waals surface area contributed by atoms with Gasteiger partial charge in [-0.15, -0.1) is 0 Å². The van der Waals surface area contributed by atoms with Crippen LogP contribution in [0.15, 0.2) is 42.5 Å². The molecule has 18 heavy (non-hydrogen) atoms. The maximum Gasteiger partial charge on any atom is 0.270 e. The van der Waals surface area contributed by atoms with Crippen molar-refractivity contribution in [2.45, 2.75) is 6.54 Å². The number of aromatic nitrogens is 1. The maximum absolute atomic E-state index is 12.9. The van der Waals surface area contributed by atoms with Gasteiger partial charge in [-0.1, -0.05) is 29.8 Å². The third-order valence-corrected chi connectivity index (χ3v) is 2.50. The van der Waals surface area contributed by atoms with Crippen LogP contribution in [0, 0.1) is 5.82 Å². The second-order valence-corrected chi connectivity index (χ2v) is 4.05. The molecule has 0 saturated heterocycles. The number of benzene rings is 1. The largest absolute Gasteiger partial charge is 0.347 e. The predicted octanol–water partition coefficient (Wildman–Crippen LogP) is 2.80. The van der Waals surface area contributed by atoms with E-state index in [1.165, 1.54) is 12.1 Å². The summed E-state index contributed by atoms with van der Waals surface area (Å²) in [5.41, 5.74) is 0.921. The fourth-order valence-electron chi connectivity index (χ4n) is 1.45. The molecule has 0 aliphatic rings. The Morgan fingerprint density at radius 3 is 2.78 bits per heavy atom. The van der Waals surface area contributed by atoms with Crippen LogP contribution in [0.5, 0.6) is 0 Å². The van der Waals surface area contributed by atoms with Crippen LogP contribution in [0.2, 0.25) is 5.15 Å². The molecule has 0 fully saturated rings. The summed E-state index contributed by atoms with van der Waals surface area (Å²) < 4.78 is 12.9. The molecule has 0 unspecified atom stereocenters. The molecular weight excluding hydrogens is 255 g/mol. The van der Waals surface area contributed by atoms with Gasteiger partial charge in [-0.05, 0) is 29.8 Å². The molecule has 92 valence electrons. The summed E-state index contributed by atoms with van der Waals surface area (Å²) in [5, 5.41) is 2.90. The molecule has 1 N–H and O–H groups in total. The first-order valence-electron chi connectivity index (χ1n) is 5.30. The Bertz CT molecular complexity index is 574. The smallest absolute Gasteiger partial charge is 0.270 e. The molecule has 1 aromatic heterocycles. The number of rotatable bonds is 3. The molecule has 0 aliphatic carbocycles. The lowest BCUT2D eigenvalue weighted by atomic mass is 10.2. The van der Waals surface area contributed by atoms with Crippen LogP contribution >= 0.6 is 11.6 Å². The lowest BCUT2D eigenvalue weighted by Gasteiger charge is -2.05. The van der Waals surface area contributed by atoms with Crippen LogP contribution in [0.4, 0.5) is 4.39 Å². The standard InChI is InChI=1S/C13H10ClFN2O/c14-12-6-2-5-11(17-12)13(18)16-8-9-3-1-4-10(15)7-9/h1-7H,8H2,(H,16,18). The van der Waals surface area contributed by atoms with Crippen molar-refractivity contribution in [3.63, 3.8) is 0 Å². The normalized spacial score (nSPS) is 10.1. The van der Waals surface area contributed by atoms with Crippen molar-refractivity contribution in [2.24, 2.45) is 0 Å². The quantitative estimate of drug-likeness (QED) is 0.866. The van der Waals surface area contributed by atoms with Crippen LogP contribution in [0.3, 0.4) is 0 Å². The van der Waals surface area contributed by atoms with Crippen molar-refractivity contribution in [2.75, 3.05) is 0 Å². The molecule has 5 heteroatoms. The minimum Gasteiger partial charge on any atom is -0.347 e. The van der Waals surface area contributed by atoms with Gasteiger partial charge in [0.25, 0.3) is 5.91 Å². The van der Waals surface area contributed by atoms with Crippen molar-refractivity contribution >= 4 is 17.5 Å². The molecular formula is C13H10ClFN2O. The molecule has 1 heterocycles. The van der Waals surface area contributed by atoms with Crippen LogP contribution < -0.4 is 5.32 Å². The molecule has 1 aromatic carbocycles. The number of carbonyl (C=O) groups is 1. The highest BCUT2D eigenvalue weighted by Crippen LogP contribution is 2.06. The second kappa shape index (κ2) is 5.60. The van der Waals surface area contributed by atoms with Gasteiger partial charge in [0.1, 0.15) is 16.7 Å². The SMILES string of the molecule is O=C(NCc1cccc(F)c1)c1cccc(Cl)n1. The van der Waals surface area contributed by atoms with Gasteiger partial charge in [-0.3, -0.25) is 4.79 Å². The van der Waals surface area contributed by atoms with E-state index in [1.807, 2.05) is 0 Å². The average Bonchev–Trinajstić information content (AvgIpc) is 2.36. The molecule has 0 spiro atoms. The molecule has 0 bridgehead atoms. The zero-order chi connectivity index (χ0) is 13.0. The van der Waals surface area contributed by atoms with Gasteiger partial charge in [0.15, 0.2) is 0 Å². The van der Waals surface area contributed by atoms with Crippen molar-refractivity contribution in [1.29, 1.82) is 0 Å². The van der Waals surface area contributed by atoms with Gasteiger partial charge in [0, 0.05) is 6.54 Å². The van der Waals surface area contributed by atoms with Gasteiger partial charge >= 0.3 is 0 Å². The third kappa shape index (κ3) is 3.28. The summed E-state index contributed by atoms with van der Waals surface area (Å²) in [4.78, 5) is 15.6. The third-order valence-electron chi connectivity index (χ3n) is 2.29. The van der Waals surface area contributed by atoms with Crippen molar-refractivity contribution in [3.8, 4) is 0 Å². The zero-order valence-electron chi connectivity index (χ0n) is 9.36. The number of halogens is 2. The Balaban J connectivity index is 2.00. The summed E-state index contributed by atoms with van der Waals surface area (Å²) in [6, 6.07) is 10.8. The Morgan fingerprint density at radius 1 is 1.28 bits per heavy atom. The summed E-state index contributed by atoms with van der Waals surface area (Å²) in [6.45, 7) is 0.241. The van der Waals surface area contributed by atoms with Crippen molar-refractivity contribution < 1.29 is 9.18 Å². The lowest BCUT2D eigenvalue weighted by Crippen LogP contribution is -2.23. The molecule has 3 nitrogen and oxygen atoms in total. The molecule has 0 atom stereocenters. The number of hydrogen-bond donors (Lipinski definition) is 1. The predicted molar refractivity (Wildman–Crippen MR) is 66.8 cm³/mol. The first-order chi connectivity index (χ1) is 8.65. The summed E-state index contributed by atoms with van der Waals surface area (Å²) in [6.07, 6.45) is 0. The van der Waals surface area contributed by atoms with Gasteiger partial charge in [0.2, 0.25) is 0 Å². The number of carbonyl (C=O) groups excluding carboxylic acids is 1. The highest BCUT2D eigenvalue weighted by Gasteiger charge is 2.07. The monoisotopic (exact) mass is 264 g/mol. The zero-order valence-corrected chi connectivity index (χ0v) is 10.1. The van der Waals surface area contributed by atoms with E-state index in [4.69, 9.17) is 11.6 Å². The minimum absolute atomic E-state index is 0.235. The van der Waals surface area contributed by atoms with Crippen LogP contribution in [-0.4, -0.2) is 10.9 Å². The summed E-state index contributed by atoms with van der Waals surface area (Å²) in [5.74, 6) is -0.676. The first kappa shape index (κ1) is 12.5. The fourth-order valence-corrected chi connectivity index (χ4v) is 1.62. The molecule has 1 amide bonds. The number of hydrogen-bond acceptors (Lipinski definition) is 2. The Hall–Kier alpha value is -1.94. The van der Waals surface area contributed by atoms with E-state index in [2.05, 4.69) is 10.3 Å². The maximum atomic E-state index is 12.9.